The molecule has 0 unspecified atom stereocenters. The van der Waals surface area contributed by atoms with Gasteiger partial charge in [0.2, 0.25) is 5.91 Å². The molecule has 0 fully saturated rings. The molecule has 0 aromatic heterocycles. The molecule has 2 aromatic rings. The Bertz CT molecular complexity index is 713. The molecule has 2 N–H and O–H groups in total. The van der Waals surface area contributed by atoms with E-state index in [0.29, 0.717) is 6.61 Å². The van der Waals surface area contributed by atoms with E-state index < -0.39 is 0 Å². The van der Waals surface area contributed by atoms with E-state index in [1.165, 1.54) is 18.1 Å². The van der Waals surface area contributed by atoms with Crippen molar-refractivity contribution in [1.29, 1.82) is 0 Å². The van der Waals surface area contributed by atoms with Crippen molar-refractivity contribution in [1.82, 2.24) is 5.32 Å². The van der Waals surface area contributed by atoms with Crippen molar-refractivity contribution in [3.63, 3.8) is 0 Å². The Morgan fingerprint density at radius 1 is 1.25 bits per heavy atom. The largest absolute Gasteiger partial charge is 0.493 e. The molecule has 3 rings (SSSR count). The van der Waals surface area contributed by atoms with Gasteiger partial charge in [0.05, 0.1) is 7.11 Å². The first-order valence-corrected chi connectivity index (χ1v) is 8.04. The molecule has 1 amide bonds. The van der Waals surface area contributed by atoms with Crippen LogP contribution in [-0.4, -0.2) is 25.7 Å². The van der Waals surface area contributed by atoms with Gasteiger partial charge in [0, 0.05) is 25.2 Å². The van der Waals surface area contributed by atoms with E-state index in [-0.39, 0.29) is 11.9 Å². The SMILES string of the molecule is COc1cccc2c1OC[C@H](NCc1ccc(NC(C)=O)cc1)C2. The van der Waals surface area contributed by atoms with Crippen molar-refractivity contribution in [2.24, 2.45) is 0 Å². The Kier molecular flexibility index (Phi) is 5.01. The summed E-state index contributed by atoms with van der Waals surface area (Å²) in [4.78, 5) is 11.0. The van der Waals surface area contributed by atoms with Crippen molar-refractivity contribution in [3.8, 4) is 11.5 Å². The van der Waals surface area contributed by atoms with Gasteiger partial charge in [-0.1, -0.05) is 24.3 Å². The van der Waals surface area contributed by atoms with Crippen molar-refractivity contribution in [2.75, 3.05) is 19.0 Å². The van der Waals surface area contributed by atoms with Crippen LogP contribution >= 0.6 is 0 Å². The second kappa shape index (κ2) is 7.36. The number of methoxy groups -OCH3 is 1. The molecule has 1 aliphatic rings. The van der Waals surface area contributed by atoms with E-state index in [1.807, 2.05) is 36.4 Å². The fourth-order valence-corrected chi connectivity index (χ4v) is 2.86. The number of carbonyl (C=O) groups is 1. The van der Waals surface area contributed by atoms with Crippen molar-refractivity contribution in [2.45, 2.75) is 25.9 Å². The Morgan fingerprint density at radius 3 is 2.75 bits per heavy atom. The van der Waals surface area contributed by atoms with Crippen molar-refractivity contribution >= 4 is 11.6 Å². The standard InChI is InChI=1S/C19H22N2O3/c1-13(22)21-16-8-6-14(7-9-16)11-20-17-10-15-4-3-5-18(23-2)19(15)24-12-17/h3-9,17,20H,10-12H2,1-2H3,(H,21,22)/t17-/m1/s1. The molecule has 0 bridgehead atoms. The zero-order chi connectivity index (χ0) is 16.9. The van der Waals surface area contributed by atoms with Gasteiger partial charge in [-0.05, 0) is 35.7 Å². The highest BCUT2D eigenvalue weighted by Gasteiger charge is 2.22. The molecule has 0 saturated heterocycles. The number of para-hydroxylation sites is 1. The van der Waals surface area contributed by atoms with E-state index >= 15 is 0 Å². The summed E-state index contributed by atoms with van der Waals surface area (Å²) in [5, 5.41) is 6.29. The molecule has 2 aromatic carbocycles. The fourth-order valence-electron chi connectivity index (χ4n) is 2.86. The maximum Gasteiger partial charge on any atom is 0.221 e. The van der Waals surface area contributed by atoms with E-state index in [0.717, 1.165) is 30.2 Å². The lowest BCUT2D eigenvalue weighted by atomic mass is 10.0. The number of fused-ring (bicyclic) bond motifs is 1. The van der Waals surface area contributed by atoms with Crippen LogP contribution in [0.1, 0.15) is 18.1 Å². The lowest BCUT2D eigenvalue weighted by Crippen LogP contribution is -2.38. The Hall–Kier alpha value is -2.53. The Labute approximate surface area is 142 Å². The van der Waals surface area contributed by atoms with Gasteiger partial charge in [0.25, 0.3) is 0 Å². The van der Waals surface area contributed by atoms with Crippen LogP contribution in [0, 0.1) is 0 Å². The summed E-state index contributed by atoms with van der Waals surface area (Å²) in [5.41, 5.74) is 3.15. The zero-order valence-corrected chi connectivity index (χ0v) is 14.0. The van der Waals surface area contributed by atoms with E-state index in [9.17, 15) is 4.79 Å². The van der Waals surface area contributed by atoms with Crippen LogP contribution in [0.15, 0.2) is 42.5 Å². The van der Waals surface area contributed by atoms with Gasteiger partial charge in [0.1, 0.15) is 6.61 Å². The molecular weight excluding hydrogens is 304 g/mol. The molecule has 1 heterocycles. The zero-order valence-electron chi connectivity index (χ0n) is 14.0. The average Bonchev–Trinajstić information content (AvgIpc) is 2.60. The number of rotatable bonds is 5. The van der Waals surface area contributed by atoms with Gasteiger partial charge in [-0.15, -0.1) is 0 Å². The number of benzene rings is 2. The second-order valence-corrected chi connectivity index (χ2v) is 5.92. The second-order valence-electron chi connectivity index (χ2n) is 5.92. The molecule has 0 aliphatic carbocycles. The third-order valence-corrected chi connectivity index (χ3v) is 4.04. The first-order valence-electron chi connectivity index (χ1n) is 8.04. The summed E-state index contributed by atoms with van der Waals surface area (Å²) in [6, 6.07) is 14.1. The normalized spacial score (nSPS) is 16.0. The molecule has 0 spiro atoms. The third kappa shape index (κ3) is 3.86. The molecular formula is C19H22N2O3. The van der Waals surface area contributed by atoms with Crippen LogP contribution in [0.2, 0.25) is 0 Å². The first kappa shape index (κ1) is 16.3. The number of amides is 1. The van der Waals surface area contributed by atoms with Crippen LogP contribution in [-0.2, 0) is 17.8 Å². The molecule has 0 saturated carbocycles. The van der Waals surface area contributed by atoms with Crippen molar-refractivity contribution < 1.29 is 14.3 Å². The van der Waals surface area contributed by atoms with Gasteiger partial charge in [-0.25, -0.2) is 0 Å². The first-order chi connectivity index (χ1) is 11.7. The van der Waals surface area contributed by atoms with E-state index in [1.54, 1.807) is 7.11 Å². The van der Waals surface area contributed by atoms with Crippen LogP contribution in [0.5, 0.6) is 11.5 Å². The van der Waals surface area contributed by atoms with Crippen molar-refractivity contribution in [3.05, 3.63) is 53.6 Å². The number of hydrogen-bond donors (Lipinski definition) is 2. The van der Waals surface area contributed by atoms with E-state index in [2.05, 4.69) is 16.7 Å². The highest BCUT2D eigenvalue weighted by atomic mass is 16.5. The maximum atomic E-state index is 11.0. The minimum atomic E-state index is -0.0608. The van der Waals surface area contributed by atoms with Crippen LogP contribution in [0.25, 0.3) is 0 Å². The molecule has 24 heavy (non-hydrogen) atoms. The lowest BCUT2D eigenvalue weighted by Gasteiger charge is -2.27. The Balaban J connectivity index is 1.57. The topological polar surface area (TPSA) is 59.6 Å². The highest BCUT2D eigenvalue weighted by Crippen LogP contribution is 2.34. The summed E-state index contributed by atoms with van der Waals surface area (Å²) >= 11 is 0. The predicted octanol–water partition coefficient (Wildman–Crippen LogP) is 2.75. The number of ether oxygens (including phenoxy) is 2. The quantitative estimate of drug-likeness (QED) is 0.887. The minimum Gasteiger partial charge on any atom is -0.493 e. The minimum absolute atomic E-state index is 0.0608. The smallest absolute Gasteiger partial charge is 0.221 e. The summed E-state index contributed by atoms with van der Waals surface area (Å²) in [5.74, 6) is 1.59. The summed E-state index contributed by atoms with van der Waals surface area (Å²) < 4.78 is 11.2. The number of anilines is 1. The molecule has 1 aliphatic heterocycles. The maximum absolute atomic E-state index is 11.0. The lowest BCUT2D eigenvalue weighted by molar-refractivity contribution is -0.114. The van der Waals surface area contributed by atoms with Gasteiger partial charge in [-0.2, -0.15) is 0 Å². The monoisotopic (exact) mass is 326 g/mol. The van der Waals surface area contributed by atoms with Crippen LogP contribution in [0.3, 0.4) is 0 Å². The molecule has 1 atom stereocenters. The molecule has 5 heteroatoms. The van der Waals surface area contributed by atoms with Gasteiger partial charge < -0.3 is 20.1 Å². The van der Waals surface area contributed by atoms with Crippen LogP contribution < -0.4 is 20.1 Å². The molecule has 5 nitrogen and oxygen atoms in total. The average molecular weight is 326 g/mol. The Morgan fingerprint density at radius 2 is 2.04 bits per heavy atom. The predicted molar refractivity (Wildman–Crippen MR) is 93.6 cm³/mol. The van der Waals surface area contributed by atoms with E-state index in [4.69, 9.17) is 9.47 Å². The number of nitrogens with one attached hydrogen (secondary N) is 2. The van der Waals surface area contributed by atoms with Gasteiger partial charge >= 0.3 is 0 Å². The fraction of sp³-hybridized carbons (Fsp3) is 0.316. The summed E-state index contributed by atoms with van der Waals surface area (Å²) in [6.45, 7) is 2.89. The van der Waals surface area contributed by atoms with Gasteiger partial charge in [-0.3, -0.25) is 4.79 Å². The third-order valence-electron chi connectivity index (χ3n) is 4.04. The number of carbonyl (C=O) groups excluding carboxylic acids is 1. The highest BCUT2D eigenvalue weighted by molar-refractivity contribution is 5.88. The van der Waals surface area contributed by atoms with Crippen LogP contribution in [0.4, 0.5) is 5.69 Å². The number of hydrogen-bond acceptors (Lipinski definition) is 4. The summed E-state index contributed by atoms with van der Waals surface area (Å²) in [7, 11) is 1.66. The summed E-state index contributed by atoms with van der Waals surface area (Å²) in [6.07, 6.45) is 0.913. The molecule has 126 valence electrons. The van der Waals surface area contributed by atoms with Gasteiger partial charge in [0.15, 0.2) is 11.5 Å². The molecule has 0 radical (unpaired) electrons.